The lowest BCUT2D eigenvalue weighted by molar-refractivity contribution is -0.149. The van der Waals surface area contributed by atoms with E-state index < -0.39 is 41.7 Å². The number of benzene rings is 2. The highest BCUT2D eigenvalue weighted by Crippen LogP contribution is 2.20. The molecule has 0 bridgehead atoms. The van der Waals surface area contributed by atoms with Gasteiger partial charge >= 0.3 is 30.2 Å². The van der Waals surface area contributed by atoms with Gasteiger partial charge in [-0.2, -0.15) is 0 Å². The van der Waals surface area contributed by atoms with Crippen molar-refractivity contribution in [3.05, 3.63) is 97.1 Å². The minimum absolute atomic E-state index is 0. The van der Waals surface area contributed by atoms with Gasteiger partial charge in [0.05, 0.1) is 25.9 Å². The van der Waals surface area contributed by atoms with Crippen LogP contribution in [-0.2, 0) is 73.9 Å². The van der Waals surface area contributed by atoms with Crippen LogP contribution >= 0.6 is 0 Å². The van der Waals surface area contributed by atoms with Crippen molar-refractivity contribution in [3.63, 3.8) is 0 Å². The number of fused-ring (bicyclic) bond motifs is 2. The highest BCUT2D eigenvalue weighted by Gasteiger charge is 2.24. The van der Waals surface area contributed by atoms with Crippen LogP contribution in [0.4, 0.5) is 26.0 Å². The molecule has 1 fully saturated rings. The molecule has 0 aliphatic carbocycles. The normalized spacial score (nSPS) is 11.5. The fourth-order valence-corrected chi connectivity index (χ4v) is 6.96. The van der Waals surface area contributed by atoms with Gasteiger partial charge in [-0.05, 0) is 58.6 Å². The first-order chi connectivity index (χ1) is 37.6. The largest absolute Gasteiger partial charge is 0.465 e. The maximum atomic E-state index is 13.2. The van der Waals surface area contributed by atoms with Crippen LogP contribution < -0.4 is 21.7 Å². The fraction of sp³-hybridized carbons (Fsp3) is 0.442. The van der Waals surface area contributed by atoms with Gasteiger partial charge in [-0.15, -0.1) is 0 Å². The number of nitrogens with zero attached hydrogens (tertiary/aromatic N) is 10. The number of rotatable bonds is 21. The van der Waals surface area contributed by atoms with Crippen molar-refractivity contribution < 1.29 is 62.0 Å². The molecule has 4 aromatic heterocycles. The molecule has 1 aliphatic heterocycles. The van der Waals surface area contributed by atoms with E-state index in [0.29, 0.717) is 5.65 Å². The van der Waals surface area contributed by atoms with Crippen LogP contribution in [0.3, 0.4) is 0 Å². The molecule has 0 saturated carbocycles. The van der Waals surface area contributed by atoms with Crippen molar-refractivity contribution >= 4 is 76.0 Å². The fourth-order valence-electron chi connectivity index (χ4n) is 6.96. The van der Waals surface area contributed by atoms with Gasteiger partial charge in [0.25, 0.3) is 0 Å². The van der Waals surface area contributed by atoms with E-state index in [2.05, 4.69) is 45.9 Å². The quantitative estimate of drug-likeness (QED) is 0.0553. The van der Waals surface area contributed by atoms with Gasteiger partial charge in [0.15, 0.2) is 34.0 Å². The summed E-state index contributed by atoms with van der Waals surface area (Å²) in [6.45, 7) is 10.7. The Labute approximate surface area is 456 Å². The highest BCUT2D eigenvalue weighted by molar-refractivity contribution is 5.95. The second-order valence-corrected chi connectivity index (χ2v) is 17.7. The van der Waals surface area contributed by atoms with Crippen molar-refractivity contribution in [2.24, 2.45) is 5.73 Å². The molecule has 2 aromatic carbocycles. The minimum atomic E-state index is -0.729. The molecule has 27 nitrogen and oxygen atoms in total. The third-order valence-electron chi connectivity index (χ3n) is 10.5. The maximum Gasteiger partial charge on any atom is 0.413 e. The average Bonchev–Trinajstić information content (AvgIpc) is 4.31. The predicted octanol–water partition coefficient (Wildman–Crippen LogP) is 4.85. The Morgan fingerprint density at radius 2 is 1.06 bits per heavy atom. The first-order valence-corrected chi connectivity index (χ1v) is 25.0. The first-order valence-electron chi connectivity index (χ1n) is 25.0. The number of amides is 5. The van der Waals surface area contributed by atoms with Gasteiger partial charge in [-0.3, -0.25) is 29.8 Å². The molecular formula is C52H70N14O13. The molecule has 6 aromatic rings. The summed E-state index contributed by atoms with van der Waals surface area (Å²) < 4.78 is 33.4. The number of imidazole rings is 2. The molecule has 0 spiro atoms. The molecule has 0 atom stereocenters. The second kappa shape index (κ2) is 32.7. The number of hydrogen-bond acceptors (Lipinski definition) is 20. The summed E-state index contributed by atoms with van der Waals surface area (Å²) in [7, 11) is 0. The number of ether oxygens (including phenoxy) is 6. The van der Waals surface area contributed by atoms with E-state index in [9.17, 15) is 33.6 Å². The predicted molar refractivity (Wildman–Crippen MR) is 288 cm³/mol. The van der Waals surface area contributed by atoms with Crippen LogP contribution in [0, 0.1) is 0 Å². The van der Waals surface area contributed by atoms with Gasteiger partial charge in [0, 0.05) is 39.4 Å². The molecule has 5 heterocycles. The Balaban J connectivity index is 0.000000312. The minimum Gasteiger partial charge on any atom is -0.465 e. The smallest absolute Gasteiger partial charge is 0.413 e. The zero-order valence-corrected chi connectivity index (χ0v) is 44.3. The van der Waals surface area contributed by atoms with Crippen molar-refractivity contribution in [1.29, 1.82) is 0 Å². The zero-order chi connectivity index (χ0) is 56.3. The zero-order valence-electron chi connectivity index (χ0n) is 44.3. The summed E-state index contributed by atoms with van der Waals surface area (Å²) >= 11 is 0. The molecular weight excluding hydrogens is 1030 g/mol. The Hall–Kier alpha value is -8.85. The Kier molecular flexibility index (Phi) is 25.9. The van der Waals surface area contributed by atoms with Crippen LogP contribution in [0.5, 0.6) is 0 Å². The topological polar surface area (TPSA) is 331 Å². The molecule has 5 N–H and O–H groups in total. The third kappa shape index (κ3) is 21.6. The highest BCUT2D eigenvalue weighted by atomic mass is 16.6. The molecule has 5 amide bonds. The van der Waals surface area contributed by atoms with Crippen LogP contribution in [0.25, 0.3) is 22.3 Å². The van der Waals surface area contributed by atoms with E-state index in [0.717, 1.165) is 24.3 Å². The Bertz CT molecular complexity index is 2890. The molecule has 1 saturated heterocycles. The van der Waals surface area contributed by atoms with Crippen molar-refractivity contribution in [3.8, 4) is 0 Å². The SMILES string of the molecule is C.C1CCOC1.CCOC(=O)CN(CCN)C(=O)Cn1cnc2c(NC(=O)OCc3ccccc3)ncnc21.CCOC(=O)CN(CCNC(=O)OC(C)(C)C)C(=O)Cn1cnc2c(NC(=O)OCc3ccccc3)ncnc21. The molecule has 1 aliphatic rings. The standard InChI is InChI=1S/C26H33N7O7.C21H25N7O5.C4H8O.CH4/c1-5-38-20(35)14-32(12-11-27-24(36)40-26(2,3)4)19(34)13-33-17-30-21-22(28-16-29-23(21)33)31-25(37)39-15-18-9-7-6-8-10-18;1-2-32-17(30)11-27(9-8-22)16(29)10-28-14-25-18-19(23-13-24-20(18)28)26-21(31)33-12-15-6-4-3-5-7-15;1-2-4-5-3-1;/h6-10,16-17H,5,11-15H2,1-4H3,(H,27,36)(H,28,29,31,37);3-7,13-14H,2,8-12,22H2,1H3,(H,23,24,26,31);1-4H2;1H4. The van der Waals surface area contributed by atoms with Crippen molar-refractivity contribution in [1.82, 2.24) is 54.2 Å². The lowest BCUT2D eigenvalue weighted by atomic mass is 10.2. The van der Waals surface area contributed by atoms with Crippen LogP contribution in [-0.4, -0.2) is 162 Å². The van der Waals surface area contributed by atoms with Crippen molar-refractivity contribution in [2.75, 3.05) is 76.3 Å². The summed E-state index contributed by atoms with van der Waals surface area (Å²) in [6.07, 6.45) is 5.73. The van der Waals surface area contributed by atoms with E-state index >= 15 is 0 Å². The molecule has 0 unspecified atom stereocenters. The number of alkyl carbamates (subject to hydrolysis) is 1. The van der Waals surface area contributed by atoms with E-state index in [1.165, 1.54) is 57.1 Å². The van der Waals surface area contributed by atoms with Crippen LogP contribution in [0.2, 0.25) is 0 Å². The lowest BCUT2D eigenvalue weighted by Crippen LogP contribution is -2.43. The van der Waals surface area contributed by atoms with Gasteiger partial charge in [0.2, 0.25) is 11.8 Å². The van der Waals surface area contributed by atoms with Gasteiger partial charge in [0.1, 0.15) is 57.6 Å². The van der Waals surface area contributed by atoms with E-state index in [-0.39, 0.29) is 120 Å². The lowest BCUT2D eigenvalue weighted by Gasteiger charge is -2.23. The molecule has 27 heteroatoms. The summed E-state index contributed by atoms with van der Waals surface area (Å²) in [5.74, 6) is -1.66. The summed E-state index contributed by atoms with van der Waals surface area (Å²) in [4.78, 5) is 114. The molecule has 426 valence electrons. The van der Waals surface area contributed by atoms with Gasteiger partial charge < -0.3 is 58.4 Å². The van der Waals surface area contributed by atoms with E-state index in [1.807, 2.05) is 60.7 Å². The number of nitrogens with two attached hydrogens (primary N) is 1. The van der Waals surface area contributed by atoms with Crippen LogP contribution in [0.1, 0.15) is 66.0 Å². The monoisotopic (exact) mass is 1100 g/mol. The number of nitrogens with one attached hydrogen (secondary N) is 3. The number of esters is 2. The second-order valence-electron chi connectivity index (χ2n) is 17.7. The number of anilines is 2. The first kappa shape index (κ1) is 62.7. The van der Waals surface area contributed by atoms with Gasteiger partial charge in [-0.1, -0.05) is 68.1 Å². The summed E-state index contributed by atoms with van der Waals surface area (Å²) in [5.41, 5.74) is 7.71. The third-order valence-corrected chi connectivity index (χ3v) is 10.5. The van der Waals surface area contributed by atoms with Crippen molar-refractivity contribution in [2.45, 2.75) is 86.8 Å². The average molecular weight is 1100 g/mol. The van der Waals surface area contributed by atoms with E-state index in [4.69, 9.17) is 34.2 Å². The van der Waals surface area contributed by atoms with E-state index in [1.54, 1.807) is 34.6 Å². The molecule has 7 rings (SSSR count). The molecule has 79 heavy (non-hydrogen) atoms. The van der Waals surface area contributed by atoms with Crippen LogP contribution in [0.15, 0.2) is 86.0 Å². The Morgan fingerprint density at radius 1 is 0.620 bits per heavy atom. The number of hydrogen-bond donors (Lipinski definition) is 4. The summed E-state index contributed by atoms with van der Waals surface area (Å²) in [5, 5.41) is 7.65. The molecule has 0 radical (unpaired) electrons. The summed E-state index contributed by atoms with van der Waals surface area (Å²) in [6, 6.07) is 18.4. The number of carbonyl (C=O) groups excluding carboxylic acids is 7. The Morgan fingerprint density at radius 3 is 1.46 bits per heavy atom. The van der Waals surface area contributed by atoms with Gasteiger partial charge in [-0.25, -0.2) is 44.3 Å². The maximum absolute atomic E-state index is 13.2. The number of carbonyl (C=O) groups is 7. The number of aromatic nitrogens is 8.